The summed E-state index contributed by atoms with van der Waals surface area (Å²) in [6.45, 7) is 1.57. The van der Waals surface area contributed by atoms with E-state index in [0.29, 0.717) is 42.5 Å². The van der Waals surface area contributed by atoms with Gasteiger partial charge in [-0.25, -0.2) is 18.4 Å². The van der Waals surface area contributed by atoms with Crippen molar-refractivity contribution < 1.29 is 8.42 Å². The third kappa shape index (κ3) is 3.60. The van der Waals surface area contributed by atoms with Gasteiger partial charge in [-0.1, -0.05) is 29.8 Å². The summed E-state index contributed by atoms with van der Waals surface area (Å²) in [6, 6.07) is 9.76. The van der Waals surface area contributed by atoms with Gasteiger partial charge in [-0.2, -0.15) is 0 Å². The van der Waals surface area contributed by atoms with E-state index in [1.165, 1.54) is 0 Å². The highest BCUT2D eigenvalue weighted by Gasteiger charge is 2.24. The average Bonchev–Trinajstić information content (AvgIpc) is 2.62. The molecule has 0 aliphatic carbocycles. The molecule has 0 atom stereocenters. The van der Waals surface area contributed by atoms with Crippen LogP contribution in [-0.4, -0.2) is 41.1 Å². The molecule has 4 rings (SSSR count). The number of H-pyrrole nitrogens is 1. The molecular formula is C18H17ClN4O3S. The van der Waals surface area contributed by atoms with Crippen LogP contribution in [0.15, 0.2) is 40.3 Å². The Morgan fingerprint density at radius 3 is 2.81 bits per heavy atom. The van der Waals surface area contributed by atoms with Gasteiger partial charge in [0.1, 0.15) is 5.15 Å². The van der Waals surface area contributed by atoms with Gasteiger partial charge in [-0.3, -0.25) is 14.7 Å². The molecule has 0 saturated heterocycles. The third-order valence-corrected chi connectivity index (χ3v) is 5.84. The molecule has 3 aromatic rings. The van der Waals surface area contributed by atoms with E-state index in [4.69, 9.17) is 11.6 Å². The zero-order valence-corrected chi connectivity index (χ0v) is 16.1. The second-order valence-corrected chi connectivity index (χ2v) is 8.95. The van der Waals surface area contributed by atoms with E-state index in [1.807, 2.05) is 30.3 Å². The molecule has 0 unspecified atom stereocenters. The second kappa shape index (κ2) is 6.70. The number of hydrogen-bond donors (Lipinski definition) is 1. The van der Waals surface area contributed by atoms with Gasteiger partial charge < -0.3 is 0 Å². The molecule has 27 heavy (non-hydrogen) atoms. The lowest BCUT2D eigenvalue weighted by Gasteiger charge is -2.27. The van der Waals surface area contributed by atoms with Crippen LogP contribution in [0.3, 0.4) is 0 Å². The SMILES string of the molecule is CS(=O)(=O)c1nc2c(c(=O)[nH]1)CN(Cc1cc3ccccc3nc1Cl)CC2. The van der Waals surface area contributed by atoms with Gasteiger partial charge in [0, 0.05) is 43.3 Å². The molecule has 3 heterocycles. The van der Waals surface area contributed by atoms with Crippen molar-refractivity contribution in [2.45, 2.75) is 24.7 Å². The highest BCUT2D eigenvalue weighted by Crippen LogP contribution is 2.24. The van der Waals surface area contributed by atoms with Crippen molar-refractivity contribution in [3.05, 3.63) is 62.7 Å². The normalized spacial score (nSPS) is 15.0. The highest BCUT2D eigenvalue weighted by atomic mass is 35.5. The van der Waals surface area contributed by atoms with Gasteiger partial charge in [0.25, 0.3) is 5.56 Å². The minimum atomic E-state index is -3.55. The van der Waals surface area contributed by atoms with Crippen LogP contribution in [0.1, 0.15) is 16.8 Å². The molecule has 2 aromatic heterocycles. The maximum Gasteiger partial charge on any atom is 0.256 e. The summed E-state index contributed by atoms with van der Waals surface area (Å²) in [5.41, 5.74) is 2.35. The van der Waals surface area contributed by atoms with Crippen molar-refractivity contribution in [2.24, 2.45) is 0 Å². The fourth-order valence-corrected chi connectivity index (χ4v) is 4.02. The zero-order chi connectivity index (χ0) is 19.2. The molecule has 0 bridgehead atoms. The summed E-state index contributed by atoms with van der Waals surface area (Å²) in [4.78, 5) is 25.4. The monoisotopic (exact) mass is 404 g/mol. The summed E-state index contributed by atoms with van der Waals surface area (Å²) in [7, 11) is -3.55. The minimum Gasteiger partial charge on any atom is -0.297 e. The predicted molar refractivity (Wildman–Crippen MR) is 103 cm³/mol. The van der Waals surface area contributed by atoms with Gasteiger partial charge in [0.05, 0.1) is 16.8 Å². The molecule has 1 aromatic carbocycles. The summed E-state index contributed by atoms with van der Waals surface area (Å²) >= 11 is 6.34. The van der Waals surface area contributed by atoms with E-state index in [-0.39, 0.29) is 5.16 Å². The third-order valence-electron chi connectivity index (χ3n) is 4.62. The molecule has 7 nitrogen and oxygen atoms in total. The van der Waals surface area contributed by atoms with Crippen LogP contribution in [0.2, 0.25) is 5.15 Å². The largest absolute Gasteiger partial charge is 0.297 e. The number of aromatic amines is 1. The maximum absolute atomic E-state index is 12.3. The summed E-state index contributed by atoms with van der Waals surface area (Å²) in [5, 5.41) is 1.17. The van der Waals surface area contributed by atoms with Gasteiger partial charge >= 0.3 is 0 Å². The van der Waals surface area contributed by atoms with Crippen LogP contribution in [-0.2, 0) is 29.3 Å². The van der Waals surface area contributed by atoms with Crippen LogP contribution in [0.4, 0.5) is 0 Å². The van der Waals surface area contributed by atoms with E-state index in [9.17, 15) is 13.2 Å². The Balaban J connectivity index is 1.62. The second-order valence-electron chi connectivity index (χ2n) is 6.66. The van der Waals surface area contributed by atoms with Crippen LogP contribution in [0.25, 0.3) is 10.9 Å². The first-order valence-electron chi connectivity index (χ1n) is 8.40. The number of fused-ring (bicyclic) bond motifs is 2. The van der Waals surface area contributed by atoms with Crippen molar-refractivity contribution in [2.75, 3.05) is 12.8 Å². The molecule has 0 saturated carbocycles. The molecular weight excluding hydrogens is 388 g/mol. The topological polar surface area (TPSA) is 96.0 Å². The van der Waals surface area contributed by atoms with Crippen LogP contribution < -0.4 is 5.56 Å². The number of para-hydroxylation sites is 1. The summed E-state index contributed by atoms with van der Waals surface area (Å²) < 4.78 is 23.3. The summed E-state index contributed by atoms with van der Waals surface area (Å²) in [5.74, 6) is 0. The van der Waals surface area contributed by atoms with E-state index in [2.05, 4.69) is 19.9 Å². The van der Waals surface area contributed by atoms with Gasteiger partial charge in [-0.05, 0) is 12.1 Å². The van der Waals surface area contributed by atoms with E-state index < -0.39 is 15.4 Å². The van der Waals surface area contributed by atoms with E-state index in [1.54, 1.807) is 0 Å². The average molecular weight is 405 g/mol. The quantitative estimate of drug-likeness (QED) is 0.529. The van der Waals surface area contributed by atoms with Gasteiger partial charge in [0.15, 0.2) is 0 Å². The first-order valence-corrected chi connectivity index (χ1v) is 10.7. The number of rotatable bonds is 3. The molecule has 0 fully saturated rings. The van der Waals surface area contributed by atoms with Gasteiger partial charge in [0.2, 0.25) is 15.0 Å². The number of nitrogens with zero attached hydrogens (tertiary/aromatic N) is 3. The number of pyridine rings is 1. The van der Waals surface area contributed by atoms with Crippen LogP contribution >= 0.6 is 11.6 Å². The lowest BCUT2D eigenvalue weighted by Crippen LogP contribution is -2.36. The number of benzene rings is 1. The van der Waals surface area contributed by atoms with Crippen molar-refractivity contribution in [3.8, 4) is 0 Å². The lowest BCUT2D eigenvalue weighted by atomic mass is 10.1. The number of sulfone groups is 1. The molecule has 1 N–H and O–H groups in total. The van der Waals surface area contributed by atoms with Gasteiger partial charge in [-0.15, -0.1) is 0 Å². The number of nitrogens with one attached hydrogen (secondary N) is 1. The first-order chi connectivity index (χ1) is 12.8. The summed E-state index contributed by atoms with van der Waals surface area (Å²) in [6.07, 6.45) is 1.53. The Morgan fingerprint density at radius 1 is 1.26 bits per heavy atom. The number of hydrogen-bond acceptors (Lipinski definition) is 6. The Hall–Kier alpha value is -2.29. The van der Waals surface area contributed by atoms with Crippen LogP contribution in [0, 0.1) is 0 Å². The van der Waals surface area contributed by atoms with Crippen molar-refractivity contribution >= 4 is 32.3 Å². The Morgan fingerprint density at radius 2 is 2.04 bits per heavy atom. The zero-order valence-electron chi connectivity index (χ0n) is 14.6. The molecule has 1 aliphatic heterocycles. The molecule has 0 spiro atoms. The molecule has 0 amide bonds. The van der Waals surface area contributed by atoms with Crippen molar-refractivity contribution in [1.29, 1.82) is 0 Å². The Labute approximate surface area is 160 Å². The molecule has 1 aliphatic rings. The molecule has 9 heteroatoms. The molecule has 140 valence electrons. The fourth-order valence-electron chi connectivity index (χ4n) is 3.26. The Kier molecular flexibility index (Phi) is 4.49. The number of halogens is 1. The van der Waals surface area contributed by atoms with Crippen LogP contribution in [0.5, 0.6) is 0 Å². The predicted octanol–water partition coefficient (Wildman–Crippen LogP) is 1.93. The minimum absolute atomic E-state index is 0.276. The number of aromatic nitrogens is 3. The standard InChI is InChI=1S/C18H17ClN4O3S/c1-27(25,26)18-21-15-6-7-23(10-13(15)17(24)22-18)9-12-8-11-4-2-3-5-14(11)20-16(12)19/h2-5,8H,6-7,9-10H2,1H3,(H,21,22,24). The van der Waals surface area contributed by atoms with E-state index in [0.717, 1.165) is 22.7 Å². The fraction of sp³-hybridized carbons (Fsp3) is 0.278. The van der Waals surface area contributed by atoms with Crippen molar-refractivity contribution in [1.82, 2.24) is 19.9 Å². The Bertz CT molecular complexity index is 1210. The van der Waals surface area contributed by atoms with E-state index >= 15 is 0 Å². The lowest BCUT2D eigenvalue weighted by molar-refractivity contribution is 0.240. The van der Waals surface area contributed by atoms with Crippen molar-refractivity contribution in [3.63, 3.8) is 0 Å². The molecule has 0 radical (unpaired) electrons. The maximum atomic E-state index is 12.3. The smallest absolute Gasteiger partial charge is 0.256 e. The first kappa shape index (κ1) is 18.1. The highest BCUT2D eigenvalue weighted by molar-refractivity contribution is 7.90.